The second kappa shape index (κ2) is 4.69. The largest absolute Gasteiger partial charge is 0.478 e. The topological polar surface area (TPSA) is 72.5 Å². The van der Waals surface area contributed by atoms with Crippen LogP contribution in [0.25, 0.3) is 0 Å². The van der Waals surface area contributed by atoms with Crippen LogP contribution in [0.3, 0.4) is 0 Å². The molecule has 1 rings (SSSR count). The highest BCUT2D eigenvalue weighted by molar-refractivity contribution is 5.89. The average molecular weight is 199 g/mol. The van der Waals surface area contributed by atoms with E-state index in [0.29, 0.717) is 12.0 Å². The first-order valence-electron chi connectivity index (χ1n) is 3.98. The van der Waals surface area contributed by atoms with E-state index in [1.807, 2.05) is 0 Å². The molecule has 0 aliphatic rings. The van der Waals surface area contributed by atoms with Crippen molar-refractivity contribution in [1.29, 1.82) is 0 Å². The number of nitrogens with two attached hydrogens (primary N) is 1. The summed E-state index contributed by atoms with van der Waals surface area (Å²) in [5.41, 5.74) is 0.450. The van der Waals surface area contributed by atoms with Crippen molar-refractivity contribution in [1.82, 2.24) is 0 Å². The SMILES string of the molecule is NOCCc1ccc(F)cc1C(=O)O. The fourth-order valence-corrected chi connectivity index (χ4v) is 1.13. The summed E-state index contributed by atoms with van der Waals surface area (Å²) in [5, 5.41) is 8.75. The number of carboxylic acid groups (broad SMARTS) is 1. The maximum absolute atomic E-state index is 12.7. The van der Waals surface area contributed by atoms with Gasteiger partial charge in [-0.2, -0.15) is 0 Å². The smallest absolute Gasteiger partial charge is 0.336 e. The molecule has 0 atom stereocenters. The second-order valence-corrected chi connectivity index (χ2v) is 2.73. The van der Waals surface area contributed by atoms with Crippen LogP contribution in [-0.4, -0.2) is 17.7 Å². The molecule has 4 nitrogen and oxygen atoms in total. The van der Waals surface area contributed by atoms with Crippen molar-refractivity contribution < 1.29 is 19.1 Å². The van der Waals surface area contributed by atoms with Crippen molar-refractivity contribution in [3.63, 3.8) is 0 Å². The van der Waals surface area contributed by atoms with Gasteiger partial charge in [0, 0.05) is 0 Å². The highest BCUT2D eigenvalue weighted by Crippen LogP contribution is 2.12. The predicted octanol–water partition coefficient (Wildman–Crippen LogP) is 0.957. The molecular weight excluding hydrogens is 189 g/mol. The number of hydrogen-bond donors (Lipinski definition) is 2. The zero-order valence-electron chi connectivity index (χ0n) is 7.37. The zero-order chi connectivity index (χ0) is 10.6. The monoisotopic (exact) mass is 199 g/mol. The van der Waals surface area contributed by atoms with Crippen molar-refractivity contribution in [2.45, 2.75) is 6.42 Å². The van der Waals surface area contributed by atoms with Crippen molar-refractivity contribution in [2.24, 2.45) is 5.90 Å². The lowest BCUT2D eigenvalue weighted by molar-refractivity contribution is 0.0694. The van der Waals surface area contributed by atoms with E-state index in [1.54, 1.807) is 0 Å². The van der Waals surface area contributed by atoms with Gasteiger partial charge < -0.3 is 9.94 Å². The Morgan fingerprint density at radius 1 is 1.57 bits per heavy atom. The Hall–Kier alpha value is -1.46. The quantitative estimate of drug-likeness (QED) is 0.708. The minimum absolute atomic E-state index is 0.0537. The standard InChI is InChI=1S/C9H10FNO3/c10-7-2-1-6(3-4-14-11)8(5-7)9(12)13/h1-2,5H,3-4,11H2,(H,12,13). The van der Waals surface area contributed by atoms with Gasteiger partial charge in [0.1, 0.15) is 5.82 Å². The highest BCUT2D eigenvalue weighted by Gasteiger charge is 2.10. The molecule has 0 saturated carbocycles. The number of rotatable bonds is 4. The van der Waals surface area contributed by atoms with Crippen molar-refractivity contribution in [3.8, 4) is 0 Å². The molecule has 76 valence electrons. The summed E-state index contributed by atoms with van der Waals surface area (Å²) in [6, 6.07) is 3.60. The van der Waals surface area contributed by atoms with Crippen LogP contribution in [0.4, 0.5) is 4.39 Å². The molecule has 0 heterocycles. The number of hydrogen-bond acceptors (Lipinski definition) is 3. The molecule has 3 N–H and O–H groups in total. The summed E-state index contributed by atoms with van der Waals surface area (Å²) in [6.45, 7) is 0.200. The van der Waals surface area contributed by atoms with Gasteiger partial charge in [0.05, 0.1) is 12.2 Å². The second-order valence-electron chi connectivity index (χ2n) is 2.73. The molecule has 0 aliphatic carbocycles. The third-order valence-electron chi connectivity index (χ3n) is 1.79. The van der Waals surface area contributed by atoms with E-state index in [0.717, 1.165) is 6.07 Å². The fourth-order valence-electron chi connectivity index (χ4n) is 1.13. The minimum Gasteiger partial charge on any atom is -0.478 e. The molecule has 0 bridgehead atoms. The van der Waals surface area contributed by atoms with E-state index >= 15 is 0 Å². The maximum atomic E-state index is 12.7. The molecule has 0 unspecified atom stereocenters. The van der Waals surface area contributed by atoms with Crippen LogP contribution < -0.4 is 5.90 Å². The van der Waals surface area contributed by atoms with Crippen LogP contribution in [0.5, 0.6) is 0 Å². The molecule has 0 radical (unpaired) electrons. The van der Waals surface area contributed by atoms with Crippen LogP contribution in [0, 0.1) is 5.82 Å². The van der Waals surface area contributed by atoms with Gasteiger partial charge in [-0.1, -0.05) is 6.07 Å². The van der Waals surface area contributed by atoms with Crippen molar-refractivity contribution >= 4 is 5.97 Å². The van der Waals surface area contributed by atoms with Gasteiger partial charge in [0.2, 0.25) is 0 Å². The first-order chi connectivity index (χ1) is 6.65. The molecule has 0 amide bonds. The summed E-state index contributed by atoms with van der Waals surface area (Å²) < 4.78 is 12.7. The van der Waals surface area contributed by atoms with Crippen LogP contribution in [-0.2, 0) is 11.3 Å². The van der Waals surface area contributed by atoms with Gasteiger partial charge in [-0.25, -0.2) is 15.1 Å². The molecule has 0 aromatic heterocycles. The number of halogens is 1. The third-order valence-corrected chi connectivity index (χ3v) is 1.79. The van der Waals surface area contributed by atoms with Crippen LogP contribution >= 0.6 is 0 Å². The Labute approximate surface area is 80.1 Å². The summed E-state index contributed by atoms with van der Waals surface area (Å²) in [5.74, 6) is 3.09. The summed E-state index contributed by atoms with van der Waals surface area (Å²) in [4.78, 5) is 15.0. The number of benzene rings is 1. The molecular formula is C9H10FNO3. The van der Waals surface area contributed by atoms with E-state index in [2.05, 4.69) is 4.84 Å². The van der Waals surface area contributed by atoms with Gasteiger partial charge in [-0.15, -0.1) is 0 Å². The number of carbonyl (C=O) groups is 1. The van der Waals surface area contributed by atoms with Crippen LogP contribution in [0.2, 0.25) is 0 Å². The minimum atomic E-state index is -1.16. The van der Waals surface area contributed by atoms with Crippen LogP contribution in [0.1, 0.15) is 15.9 Å². The lowest BCUT2D eigenvalue weighted by Gasteiger charge is -2.04. The summed E-state index contributed by atoms with van der Waals surface area (Å²) >= 11 is 0. The lowest BCUT2D eigenvalue weighted by Crippen LogP contribution is -2.08. The number of aromatic carboxylic acids is 1. The van der Waals surface area contributed by atoms with Crippen molar-refractivity contribution in [2.75, 3.05) is 6.61 Å². The Kier molecular flexibility index (Phi) is 3.55. The average Bonchev–Trinajstić information content (AvgIpc) is 2.15. The molecule has 14 heavy (non-hydrogen) atoms. The zero-order valence-corrected chi connectivity index (χ0v) is 7.37. The van der Waals surface area contributed by atoms with Gasteiger partial charge >= 0.3 is 5.97 Å². The Morgan fingerprint density at radius 2 is 2.29 bits per heavy atom. The normalized spacial score (nSPS) is 10.1. The van der Waals surface area contributed by atoms with E-state index in [9.17, 15) is 9.18 Å². The highest BCUT2D eigenvalue weighted by atomic mass is 19.1. The van der Waals surface area contributed by atoms with E-state index in [-0.39, 0.29) is 12.2 Å². The Balaban J connectivity index is 2.96. The molecule has 0 saturated heterocycles. The lowest BCUT2D eigenvalue weighted by atomic mass is 10.1. The van der Waals surface area contributed by atoms with Gasteiger partial charge in [0.25, 0.3) is 0 Å². The first-order valence-corrected chi connectivity index (χ1v) is 3.98. The van der Waals surface area contributed by atoms with Gasteiger partial charge in [-0.3, -0.25) is 0 Å². The molecule has 5 heteroatoms. The number of carboxylic acids is 1. The van der Waals surface area contributed by atoms with Crippen LogP contribution in [0.15, 0.2) is 18.2 Å². The predicted molar refractivity (Wildman–Crippen MR) is 47.2 cm³/mol. The molecule has 0 spiro atoms. The molecule has 0 aliphatic heterocycles. The Bertz CT molecular complexity index is 341. The van der Waals surface area contributed by atoms with Gasteiger partial charge in [-0.05, 0) is 24.1 Å². The van der Waals surface area contributed by atoms with E-state index in [1.165, 1.54) is 12.1 Å². The molecule has 1 aromatic rings. The molecule has 1 aromatic carbocycles. The molecule has 0 fully saturated rings. The van der Waals surface area contributed by atoms with Crippen molar-refractivity contribution in [3.05, 3.63) is 35.1 Å². The third kappa shape index (κ3) is 2.51. The van der Waals surface area contributed by atoms with Gasteiger partial charge in [0.15, 0.2) is 0 Å². The summed E-state index contributed by atoms with van der Waals surface area (Å²) in [6.07, 6.45) is 0.346. The fraction of sp³-hybridized carbons (Fsp3) is 0.222. The summed E-state index contributed by atoms with van der Waals surface area (Å²) in [7, 11) is 0. The Morgan fingerprint density at radius 3 is 2.86 bits per heavy atom. The first kappa shape index (κ1) is 10.6. The van der Waals surface area contributed by atoms with E-state index in [4.69, 9.17) is 11.0 Å². The van der Waals surface area contributed by atoms with E-state index < -0.39 is 11.8 Å². The maximum Gasteiger partial charge on any atom is 0.336 e.